The third kappa shape index (κ3) is 2.93. The summed E-state index contributed by atoms with van der Waals surface area (Å²) >= 11 is 0. The van der Waals surface area contributed by atoms with Crippen molar-refractivity contribution in [2.24, 2.45) is 10.9 Å². The first-order valence-corrected chi connectivity index (χ1v) is 7.88. The number of carbonyl (C=O) groups excluding carboxylic acids is 2. The summed E-state index contributed by atoms with van der Waals surface area (Å²) in [5.74, 6) is -0.196. The molecule has 122 valence electrons. The monoisotopic (exact) mass is 323 g/mol. The van der Waals surface area contributed by atoms with Crippen molar-refractivity contribution in [3.63, 3.8) is 0 Å². The molecule has 24 heavy (non-hydrogen) atoms. The first-order chi connectivity index (χ1) is 11.6. The normalized spacial score (nSPS) is 19.8. The zero-order valence-electron chi connectivity index (χ0n) is 13.4. The average Bonchev–Trinajstić information content (AvgIpc) is 2.61. The summed E-state index contributed by atoms with van der Waals surface area (Å²) in [5, 5.41) is 8.99. The average molecular weight is 323 g/mol. The molecule has 2 aliphatic heterocycles. The van der Waals surface area contributed by atoms with Gasteiger partial charge in [-0.3, -0.25) is 9.59 Å². The van der Waals surface area contributed by atoms with Gasteiger partial charge in [0.15, 0.2) is 0 Å². The van der Waals surface area contributed by atoms with Crippen molar-refractivity contribution in [2.75, 3.05) is 19.7 Å². The summed E-state index contributed by atoms with van der Waals surface area (Å²) < 4.78 is 5.53. The lowest BCUT2D eigenvalue weighted by atomic mass is 9.90. The molecule has 0 radical (unpaired) electrons. The predicted molar refractivity (Wildman–Crippen MR) is 87.8 cm³/mol. The smallest absolute Gasteiger partial charge is 0.287 e. The van der Waals surface area contributed by atoms with Gasteiger partial charge in [0.25, 0.3) is 11.8 Å². The maximum absolute atomic E-state index is 12.8. The number of ether oxygens (including phenoxy) is 1. The lowest BCUT2D eigenvalue weighted by Crippen LogP contribution is -2.45. The van der Waals surface area contributed by atoms with Crippen LogP contribution in [0.1, 0.15) is 23.7 Å². The van der Waals surface area contributed by atoms with Crippen LogP contribution in [0.5, 0.6) is 5.75 Å². The largest absolute Gasteiger partial charge is 0.493 e. The zero-order valence-corrected chi connectivity index (χ0v) is 13.4. The van der Waals surface area contributed by atoms with Crippen LogP contribution in [-0.2, 0) is 4.79 Å². The molecule has 3 rings (SSSR count). The molecule has 0 aliphatic carbocycles. The van der Waals surface area contributed by atoms with E-state index in [-0.39, 0.29) is 17.4 Å². The van der Waals surface area contributed by atoms with E-state index in [1.165, 1.54) is 0 Å². The Balaban J connectivity index is 1.82. The molecule has 0 saturated carbocycles. The molecule has 1 atom stereocenters. The minimum Gasteiger partial charge on any atom is -0.493 e. The van der Waals surface area contributed by atoms with Gasteiger partial charge < -0.3 is 9.64 Å². The number of likely N-dealkylation sites (tertiary alicyclic amines) is 1. The van der Waals surface area contributed by atoms with Crippen LogP contribution in [0.3, 0.4) is 0 Å². The summed E-state index contributed by atoms with van der Waals surface area (Å²) in [6.07, 6.45) is 2.16. The van der Waals surface area contributed by atoms with E-state index < -0.39 is 5.91 Å². The Morgan fingerprint density at radius 3 is 3.00 bits per heavy atom. The van der Waals surface area contributed by atoms with Gasteiger partial charge in [0.05, 0.1) is 12.2 Å². The first kappa shape index (κ1) is 15.9. The van der Waals surface area contributed by atoms with Crippen molar-refractivity contribution in [1.29, 1.82) is 5.26 Å². The third-order valence-electron chi connectivity index (χ3n) is 4.15. The Morgan fingerprint density at radius 2 is 2.25 bits per heavy atom. The van der Waals surface area contributed by atoms with Crippen LogP contribution >= 0.6 is 0 Å². The topological polar surface area (TPSA) is 82.8 Å². The van der Waals surface area contributed by atoms with Crippen LogP contribution in [0.25, 0.3) is 0 Å². The number of rotatable bonds is 3. The number of nitrogens with zero attached hydrogens (tertiary/aromatic N) is 3. The molecule has 0 bridgehead atoms. The van der Waals surface area contributed by atoms with Crippen molar-refractivity contribution in [3.05, 3.63) is 41.5 Å². The van der Waals surface area contributed by atoms with Crippen molar-refractivity contribution in [3.8, 4) is 11.8 Å². The SMILES string of the molecule is CCOc1ccccc1C(=O)N1CCC2=NC(=O)C(C#N)=CC2C1. The Hall–Kier alpha value is -2.94. The standard InChI is InChI=1S/C18H17N3O3/c1-2-24-16-6-4-3-5-14(16)18(23)21-8-7-15-13(11-21)9-12(10-19)17(22)20-15/h3-6,9,13H,2,7-8,11H2,1H3. The minimum atomic E-state index is -0.481. The third-order valence-corrected chi connectivity index (χ3v) is 4.15. The molecule has 2 amide bonds. The molecule has 0 N–H and O–H groups in total. The summed E-state index contributed by atoms with van der Waals surface area (Å²) in [6.45, 7) is 3.27. The molecule has 2 heterocycles. The first-order valence-electron chi connectivity index (χ1n) is 7.88. The van der Waals surface area contributed by atoms with Gasteiger partial charge >= 0.3 is 0 Å². The summed E-state index contributed by atoms with van der Waals surface area (Å²) in [7, 11) is 0. The maximum atomic E-state index is 12.8. The van der Waals surface area contributed by atoms with Gasteiger partial charge in [-0.2, -0.15) is 5.26 Å². The van der Waals surface area contributed by atoms with Gasteiger partial charge in [0.1, 0.15) is 17.4 Å². The van der Waals surface area contributed by atoms with Gasteiger partial charge in [0, 0.05) is 31.1 Å². The number of carbonyl (C=O) groups is 2. The fraction of sp³-hybridized carbons (Fsp3) is 0.333. The van der Waals surface area contributed by atoms with Crippen molar-refractivity contribution >= 4 is 17.5 Å². The van der Waals surface area contributed by atoms with Crippen molar-refractivity contribution < 1.29 is 14.3 Å². The number of piperidine rings is 1. The molecular formula is C18H17N3O3. The van der Waals surface area contributed by atoms with Gasteiger partial charge in [-0.25, -0.2) is 4.99 Å². The quantitative estimate of drug-likeness (QED) is 0.851. The Kier molecular flexibility index (Phi) is 4.43. The number of amides is 2. The molecule has 0 aromatic heterocycles. The van der Waals surface area contributed by atoms with Crippen LogP contribution in [0, 0.1) is 17.2 Å². The predicted octanol–water partition coefficient (Wildman–Crippen LogP) is 1.98. The number of hydrogen-bond acceptors (Lipinski definition) is 4. The maximum Gasteiger partial charge on any atom is 0.287 e. The molecule has 1 saturated heterocycles. The second-order valence-electron chi connectivity index (χ2n) is 5.64. The lowest BCUT2D eigenvalue weighted by Gasteiger charge is -2.34. The minimum absolute atomic E-state index is 0.0489. The molecular weight excluding hydrogens is 306 g/mol. The number of benzene rings is 1. The van der Waals surface area contributed by atoms with Crippen LogP contribution in [-0.4, -0.2) is 42.1 Å². The zero-order chi connectivity index (χ0) is 17.1. The van der Waals surface area contributed by atoms with E-state index in [9.17, 15) is 9.59 Å². The van der Waals surface area contributed by atoms with E-state index in [2.05, 4.69) is 4.99 Å². The number of fused-ring (bicyclic) bond motifs is 1. The molecule has 0 spiro atoms. The summed E-state index contributed by atoms with van der Waals surface area (Å²) in [5.41, 5.74) is 1.32. The van der Waals surface area contributed by atoms with E-state index in [0.717, 1.165) is 5.71 Å². The number of dihydropyridines is 1. The highest BCUT2D eigenvalue weighted by Gasteiger charge is 2.32. The molecule has 1 unspecified atom stereocenters. The van der Waals surface area contributed by atoms with Gasteiger partial charge in [-0.05, 0) is 19.1 Å². The Labute approximate surface area is 140 Å². The molecule has 6 nitrogen and oxygen atoms in total. The van der Waals surface area contributed by atoms with E-state index in [0.29, 0.717) is 37.4 Å². The van der Waals surface area contributed by atoms with Gasteiger partial charge in [-0.15, -0.1) is 0 Å². The van der Waals surface area contributed by atoms with Crippen molar-refractivity contribution in [1.82, 2.24) is 4.90 Å². The van der Waals surface area contributed by atoms with E-state index in [1.807, 2.05) is 19.1 Å². The molecule has 1 fully saturated rings. The van der Waals surface area contributed by atoms with E-state index in [4.69, 9.17) is 10.00 Å². The summed E-state index contributed by atoms with van der Waals surface area (Å²) in [4.78, 5) is 30.2. The molecule has 6 heteroatoms. The Bertz CT molecular complexity index is 789. The van der Waals surface area contributed by atoms with Crippen LogP contribution in [0.4, 0.5) is 0 Å². The fourth-order valence-corrected chi connectivity index (χ4v) is 2.98. The Morgan fingerprint density at radius 1 is 1.46 bits per heavy atom. The highest BCUT2D eigenvalue weighted by atomic mass is 16.5. The number of nitriles is 1. The number of hydrogen-bond donors (Lipinski definition) is 0. The van der Waals surface area contributed by atoms with Crippen LogP contribution < -0.4 is 4.74 Å². The number of aliphatic imine (C=N–C) groups is 1. The van der Waals surface area contributed by atoms with E-state index >= 15 is 0 Å². The molecule has 1 aromatic carbocycles. The highest BCUT2D eigenvalue weighted by Crippen LogP contribution is 2.26. The lowest BCUT2D eigenvalue weighted by molar-refractivity contribution is -0.114. The number of para-hydroxylation sites is 1. The van der Waals surface area contributed by atoms with Crippen LogP contribution in [0.15, 0.2) is 40.9 Å². The van der Waals surface area contributed by atoms with Crippen molar-refractivity contribution in [2.45, 2.75) is 13.3 Å². The van der Waals surface area contributed by atoms with E-state index in [1.54, 1.807) is 29.2 Å². The second-order valence-corrected chi connectivity index (χ2v) is 5.64. The van der Waals surface area contributed by atoms with Gasteiger partial charge in [-0.1, -0.05) is 18.2 Å². The second kappa shape index (κ2) is 6.67. The molecule has 2 aliphatic rings. The summed E-state index contributed by atoms with van der Waals surface area (Å²) in [6, 6.07) is 9.03. The van der Waals surface area contributed by atoms with Crippen LogP contribution in [0.2, 0.25) is 0 Å². The fourth-order valence-electron chi connectivity index (χ4n) is 2.98. The molecule has 1 aromatic rings. The highest BCUT2D eigenvalue weighted by molar-refractivity contribution is 6.10. The van der Waals surface area contributed by atoms with Gasteiger partial charge in [0.2, 0.25) is 0 Å².